The van der Waals surface area contributed by atoms with Crippen LogP contribution in [-0.4, -0.2) is 31.1 Å². The third-order valence-electron chi connectivity index (χ3n) is 3.93. The highest BCUT2D eigenvalue weighted by Crippen LogP contribution is 2.37. The molecule has 0 unspecified atom stereocenters. The van der Waals surface area contributed by atoms with Crippen molar-refractivity contribution in [3.63, 3.8) is 0 Å². The van der Waals surface area contributed by atoms with E-state index in [1.807, 2.05) is 0 Å². The molecule has 0 spiro atoms. The van der Waals surface area contributed by atoms with Crippen molar-refractivity contribution in [3.05, 3.63) is 22.2 Å². The maximum Gasteiger partial charge on any atom is 0.0614 e. The Kier molecular flexibility index (Phi) is 3.95. The molecule has 3 N–H and O–H groups in total. The summed E-state index contributed by atoms with van der Waals surface area (Å²) in [6.07, 6.45) is 3.72. The molecule has 1 aromatic rings. The molecule has 2 rings (SSSR count). The molecule has 100 valence electrons. The summed E-state index contributed by atoms with van der Waals surface area (Å²) in [7, 11) is 4.25. The van der Waals surface area contributed by atoms with Gasteiger partial charge >= 0.3 is 0 Å². The number of hydrogen-bond acceptors (Lipinski definition) is 3. The average molecular weight is 288 g/mol. The zero-order valence-electron chi connectivity index (χ0n) is 10.8. The van der Waals surface area contributed by atoms with E-state index >= 15 is 0 Å². The van der Waals surface area contributed by atoms with Gasteiger partial charge in [0.25, 0.3) is 0 Å². The van der Waals surface area contributed by atoms with Gasteiger partial charge in [-0.1, -0.05) is 23.2 Å². The zero-order chi connectivity index (χ0) is 13.3. The summed E-state index contributed by atoms with van der Waals surface area (Å²) in [6, 6.07) is 3.48. The largest absolute Gasteiger partial charge is 0.397 e. The van der Waals surface area contributed by atoms with Crippen LogP contribution in [0, 0.1) is 0 Å². The van der Waals surface area contributed by atoms with Crippen LogP contribution >= 0.6 is 23.2 Å². The average Bonchev–Trinajstić information content (AvgIpc) is 2.23. The molecule has 1 aliphatic carbocycles. The van der Waals surface area contributed by atoms with Crippen molar-refractivity contribution < 1.29 is 0 Å². The Balaban J connectivity index is 2.08. The molecular weight excluding hydrogens is 269 g/mol. The van der Waals surface area contributed by atoms with Crippen molar-refractivity contribution in [3.8, 4) is 0 Å². The second kappa shape index (κ2) is 5.16. The van der Waals surface area contributed by atoms with Crippen LogP contribution in [-0.2, 0) is 0 Å². The minimum absolute atomic E-state index is 0.249. The lowest BCUT2D eigenvalue weighted by Crippen LogP contribution is -2.54. The molecule has 0 heterocycles. The number of benzene rings is 1. The standard InChI is InChI=1S/C13H19Cl2N3/c1-18(2)13(4-3-5-13)8-17-12-7-10(15)9(14)6-11(12)16/h6-7,17H,3-5,8,16H2,1-2H3. The van der Waals surface area contributed by atoms with Crippen LogP contribution in [0.3, 0.4) is 0 Å². The Morgan fingerprint density at radius 1 is 1.28 bits per heavy atom. The lowest BCUT2D eigenvalue weighted by molar-refractivity contribution is 0.0739. The van der Waals surface area contributed by atoms with E-state index in [2.05, 4.69) is 24.3 Å². The summed E-state index contributed by atoms with van der Waals surface area (Å²) in [6.45, 7) is 0.877. The van der Waals surface area contributed by atoms with Crippen molar-refractivity contribution in [2.75, 3.05) is 31.7 Å². The molecule has 0 atom stereocenters. The summed E-state index contributed by atoms with van der Waals surface area (Å²) in [5.74, 6) is 0. The van der Waals surface area contributed by atoms with Gasteiger partial charge in [0.15, 0.2) is 0 Å². The molecule has 0 bridgehead atoms. The van der Waals surface area contributed by atoms with E-state index in [-0.39, 0.29) is 5.54 Å². The van der Waals surface area contributed by atoms with Gasteiger partial charge in [-0.15, -0.1) is 0 Å². The molecule has 1 saturated carbocycles. The molecule has 0 radical (unpaired) electrons. The van der Waals surface area contributed by atoms with Gasteiger partial charge in [0.2, 0.25) is 0 Å². The fourth-order valence-electron chi connectivity index (χ4n) is 2.34. The van der Waals surface area contributed by atoms with Crippen LogP contribution in [0.1, 0.15) is 19.3 Å². The van der Waals surface area contributed by atoms with Crippen LogP contribution in [0.5, 0.6) is 0 Å². The lowest BCUT2D eigenvalue weighted by Gasteiger charge is -2.47. The van der Waals surface area contributed by atoms with Gasteiger partial charge in [0.1, 0.15) is 0 Å². The van der Waals surface area contributed by atoms with Crippen LogP contribution in [0.15, 0.2) is 12.1 Å². The summed E-state index contributed by atoms with van der Waals surface area (Å²) in [5, 5.41) is 4.42. The molecule has 1 aliphatic rings. The highest BCUT2D eigenvalue weighted by Gasteiger charge is 2.38. The van der Waals surface area contributed by atoms with E-state index in [1.165, 1.54) is 19.3 Å². The summed E-state index contributed by atoms with van der Waals surface area (Å²) >= 11 is 11.9. The third-order valence-corrected chi connectivity index (χ3v) is 4.66. The number of nitrogens with one attached hydrogen (secondary N) is 1. The number of hydrogen-bond donors (Lipinski definition) is 2. The van der Waals surface area contributed by atoms with Crippen molar-refractivity contribution in [2.24, 2.45) is 0 Å². The van der Waals surface area contributed by atoms with Crippen LogP contribution in [0.2, 0.25) is 10.0 Å². The second-order valence-corrected chi connectivity index (χ2v) is 5.99. The molecule has 1 fully saturated rings. The lowest BCUT2D eigenvalue weighted by atomic mass is 9.75. The van der Waals surface area contributed by atoms with Crippen molar-refractivity contribution in [1.82, 2.24) is 4.90 Å². The molecule has 0 amide bonds. The number of nitrogen functional groups attached to an aromatic ring is 1. The number of rotatable bonds is 4. The first-order valence-electron chi connectivity index (χ1n) is 6.10. The minimum atomic E-state index is 0.249. The molecule has 18 heavy (non-hydrogen) atoms. The van der Waals surface area contributed by atoms with Gasteiger partial charge in [-0.25, -0.2) is 0 Å². The van der Waals surface area contributed by atoms with Gasteiger partial charge in [0, 0.05) is 12.1 Å². The van der Waals surface area contributed by atoms with E-state index < -0.39 is 0 Å². The first kappa shape index (κ1) is 13.8. The van der Waals surface area contributed by atoms with Crippen molar-refractivity contribution in [2.45, 2.75) is 24.8 Å². The van der Waals surface area contributed by atoms with E-state index in [0.717, 1.165) is 12.2 Å². The normalized spacial score (nSPS) is 17.6. The van der Waals surface area contributed by atoms with Crippen molar-refractivity contribution >= 4 is 34.6 Å². The molecule has 0 aromatic heterocycles. The topological polar surface area (TPSA) is 41.3 Å². The Hall–Kier alpha value is -0.640. The van der Waals surface area contributed by atoms with Crippen LogP contribution in [0.25, 0.3) is 0 Å². The van der Waals surface area contributed by atoms with E-state index in [0.29, 0.717) is 15.7 Å². The van der Waals surface area contributed by atoms with Gasteiger partial charge in [-0.3, -0.25) is 0 Å². The Morgan fingerprint density at radius 2 is 1.89 bits per heavy atom. The highest BCUT2D eigenvalue weighted by molar-refractivity contribution is 6.42. The van der Waals surface area contributed by atoms with E-state index in [4.69, 9.17) is 28.9 Å². The van der Waals surface area contributed by atoms with E-state index in [1.54, 1.807) is 12.1 Å². The first-order chi connectivity index (χ1) is 8.44. The SMILES string of the molecule is CN(C)C1(CNc2cc(Cl)c(Cl)cc2N)CCC1. The minimum Gasteiger partial charge on any atom is -0.397 e. The molecular formula is C13H19Cl2N3. The maximum atomic E-state index is 6.01. The number of halogens is 2. The monoisotopic (exact) mass is 287 g/mol. The van der Waals surface area contributed by atoms with Crippen LogP contribution in [0.4, 0.5) is 11.4 Å². The molecule has 0 saturated heterocycles. The Labute approximate surface area is 118 Å². The second-order valence-electron chi connectivity index (χ2n) is 5.18. The van der Waals surface area contributed by atoms with Gasteiger partial charge in [-0.05, 0) is 45.5 Å². The maximum absolute atomic E-state index is 6.01. The number of nitrogens with two attached hydrogens (primary N) is 1. The smallest absolute Gasteiger partial charge is 0.0614 e. The summed E-state index contributed by atoms with van der Waals surface area (Å²) < 4.78 is 0. The van der Waals surface area contributed by atoms with Gasteiger partial charge in [0.05, 0.1) is 21.4 Å². The van der Waals surface area contributed by atoms with Crippen molar-refractivity contribution in [1.29, 1.82) is 0 Å². The zero-order valence-corrected chi connectivity index (χ0v) is 12.3. The number of nitrogens with zero attached hydrogens (tertiary/aromatic N) is 1. The fraction of sp³-hybridized carbons (Fsp3) is 0.538. The van der Waals surface area contributed by atoms with E-state index in [9.17, 15) is 0 Å². The number of anilines is 2. The Morgan fingerprint density at radius 3 is 2.39 bits per heavy atom. The quantitative estimate of drug-likeness (QED) is 0.833. The van der Waals surface area contributed by atoms with Gasteiger partial charge < -0.3 is 16.0 Å². The van der Waals surface area contributed by atoms with Crippen LogP contribution < -0.4 is 11.1 Å². The highest BCUT2D eigenvalue weighted by atomic mass is 35.5. The summed E-state index contributed by atoms with van der Waals surface area (Å²) in [4.78, 5) is 2.29. The predicted molar refractivity (Wildman–Crippen MR) is 79.6 cm³/mol. The molecule has 0 aliphatic heterocycles. The Bertz CT molecular complexity index is 442. The molecule has 1 aromatic carbocycles. The predicted octanol–water partition coefficient (Wildman–Crippen LogP) is 3.47. The molecule has 3 nitrogen and oxygen atoms in total. The fourth-order valence-corrected chi connectivity index (χ4v) is 2.68. The third kappa shape index (κ3) is 2.53. The van der Waals surface area contributed by atoms with Gasteiger partial charge in [-0.2, -0.15) is 0 Å². The molecule has 5 heteroatoms. The summed E-state index contributed by atoms with van der Waals surface area (Å²) in [5.41, 5.74) is 7.68. The first-order valence-corrected chi connectivity index (χ1v) is 6.86. The number of likely N-dealkylation sites (N-methyl/N-ethyl adjacent to an activating group) is 1.